The fourth-order valence-corrected chi connectivity index (χ4v) is 1.83. The maximum absolute atomic E-state index is 2.27. The predicted octanol–water partition coefficient (Wildman–Crippen LogP) is 3.02. The molecule has 0 N–H and O–H groups in total. The molecule has 0 fully saturated rings. The molecule has 0 aliphatic carbocycles. The first-order valence-electron chi connectivity index (χ1n) is 4.79. The molecule has 0 aromatic heterocycles. The second kappa shape index (κ2) is 2.71. The lowest BCUT2D eigenvalue weighted by molar-refractivity contribution is 0.375. The van der Waals surface area contributed by atoms with Gasteiger partial charge in [-0.3, -0.25) is 4.48 Å². The molecule has 1 heteroatoms. The Kier molecular flexibility index (Phi) is 1.77. The van der Waals surface area contributed by atoms with Crippen molar-refractivity contribution in [2.45, 2.75) is 19.9 Å². The van der Waals surface area contributed by atoms with E-state index in [-0.39, 0.29) is 0 Å². The average Bonchev–Trinajstić information content (AvgIpc) is 2.47. The summed E-state index contributed by atoms with van der Waals surface area (Å²) in [5.74, 6) is 0. The van der Waals surface area contributed by atoms with Gasteiger partial charge in [-0.2, -0.15) is 0 Å². The van der Waals surface area contributed by atoms with Crippen LogP contribution in [0.25, 0.3) is 6.08 Å². The van der Waals surface area contributed by atoms with Gasteiger partial charge in [0.15, 0.2) is 0 Å². The van der Waals surface area contributed by atoms with Gasteiger partial charge in [-0.25, -0.2) is 0 Å². The second-order valence-corrected chi connectivity index (χ2v) is 4.12. The van der Waals surface area contributed by atoms with Gasteiger partial charge >= 0.3 is 0 Å². The van der Waals surface area contributed by atoms with Crippen LogP contribution in [-0.2, 0) is 0 Å². The van der Waals surface area contributed by atoms with Crippen LogP contribution in [0.5, 0.6) is 0 Å². The molecular weight excluding hydrogens is 158 g/mol. The van der Waals surface area contributed by atoms with Crippen molar-refractivity contribution in [1.29, 1.82) is 0 Å². The van der Waals surface area contributed by atoms with Gasteiger partial charge in [0, 0.05) is 17.7 Å². The van der Waals surface area contributed by atoms with E-state index in [1.807, 2.05) is 0 Å². The maximum atomic E-state index is 2.27. The first-order chi connectivity index (χ1) is 6.14. The van der Waals surface area contributed by atoms with Crippen molar-refractivity contribution < 1.29 is 0 Å². The molecule has 1 aromatic rings. The summed E-state index contributed by atoms with van der Waals surface area (Å²) in [4.78, 5) is 0. The number of hydrogen-bond donors (Lipinski definition) is 0. The minimum atomic E-state index is 0.597. The lowest BCUT2D eigenvalue weighted by atomic mass is 10.1. The monoisotopic (exact) mass is 174 g/mol. The van der Waals surface area contributed by atoms with Crippen molar-refractivity contribution in [3.05, 3.63) is 36.0 Å². The van der Waals surface area contributed by atoms with Crippen LogP contribution in [-0.4, -0.2) is 13.1 Å². The van der Waals surface area contributed by atoms with Crippen LogP contribution < -0.4 is 4.48 Å². The molecule has 0 saturated carbocycles. The fraction of sp³-hybridized carbons (Fsp3) is 0.333. The molecular formula is C12H16N+. The average molecular weight is 174 g/mol. The Balaban J connectivity index is 2.55. The molecule has 0 spiro atoms. The highest BCUT2D eigenvalue weighted by Gasteiger charge is 2.32. The quantitative estimate of drug-likeness (QED) is 0.574. The van der Waals surface area contributed by atoms with Crippen molar-refractivity contribution in [3.8, 4) is 0 Å². The topological polar surface area (TPSA) is 0 Å². The Morgan fingerprint density at radius 3 is 2.54 bits per heavy atom. The van der Waals surface area contributed by atoms with Crippen LogP contribution in [0.3, 0.4) is 0 Å². The van der Waals surface area contributed by atoms with Gasteiger partial charge < -0.3 is 0 Å². The Labute approximate surface area is 79.9 Å². The number of quaternary nitrogens is 1. The highest BCUT2D eigenvalue weighted by molar-refractivity contribution is 5.73. The molecule has 1 unspecified atom stereocenters. The summed E-state index contributed by atoms with van der Waals surface area (Å²) in [6, 6.07) is 9.21. The molecule has 1 aliphatic heterocycles. The summed E-state index contributed by atoms with van der Waals surface area (Å²) in [6.45, 7) is 4.51. The minimum absolute atomic E-state index is 0.597. The van der Waals surface area contributed by atoms with Crippen LogP contribution in [0, 0.1) is 0 Å². The van der Waals surface area contributed by atoms with Gasteiger partial charge in [0.1, 0.15) is 11.9 Å². The molecule has 1 aromatic carbocycles. The fourth-order valence-electron chi connectivity index (χ4n) is 1.83. The third-order valence-electron chi connectivity index (χ3n) is 3.09. The van der Waals surface area contributed by atoms with Crippen LogP contribution in [0.15, 0.2) is 30.5 Å². The summed E-state index contributed by atoms with van der Waals surface area (Å²) < 4.78 is 0.927. The molecule has 0 amide bonds. The first kappa shape index (κ1) is 8.52. The number of rotatable bonds is 1. The molecule has 68 valence electrons. The Bertz CT molecular complexity index is 352. The summed E-state index contributed by atoms with van der Waals surface area (Å²) in [6.07, 6.45) is 4.49. The molecule has 1 atom stereocenters. The molecule has 0 bridgehead atoms. The summed E-state index contributed by atoms with van der Waals surface area (Å²) in [7, 11) is 2.26. The van der Waals surface area contributed by atoms with E-state index >= 15 is 0 Å². The van der Waals surface area contributed by atoms with Gasteiger partial charge in [0.05, 0.1) is 13.1 Å². The van der Waals surface area contributed by atoms with Crippen LogP contribution in [0.4, 0.5) is 5.69 Å². The lowest BCUT2D eigenvalue weighted by Crippen LogP contribution is -2.44. The largest absolute Gasteiger partial charge is 0.265 e. The molecule has 1 heterocycles. The number of hydrogen-bond acceptors (Lipinski definition) is 0. The van der Waals surface area contributed by atoms with Crippen molar-refractivity contribution >= 4 is 11.8 Å². The molecule has 0 saturated heterocycles. The van der Waals surface area contributed by atoms with Crippen LogP contribution in [0.2, 0.25) is 0 Å². The number of para-hydroxylation sites is 1. The molecule has 1 nitrogen and oxygen atoms in total. The minimum Gasteiger partial charge on any atom is -0.265 e. The lowest BCUT2D eigenvalue weighted by Gasteiger charge is -2.31. The highest BCUT2D eigenvalue weighted by Crippen LogP contribution is 2.35. The normalized spacial score (nSPS) is 25.2. The van der Waals surface area contributed by atoms with Crippen molar-refractivity contribution in [2.75, 3.05) is 7.05 Å². The summed E-state index contributed by atoms with van der Waals surface area (Å²) in [5, 5.41) is 0. The van der Waals surface area contributed by atoms with Gasteiger partial charge in [-0.1, -0.05) is 12.1 Å². The van der Waals surface area contributed by atoms with E-state index in [1.165, 1.54) is 11.3 Å². The SMILES string of the molecule is CC(C)[N+]1(C)C=Cc2ccccc21. The van der Waals surface area contributed by atoms with Gasteiger partial charge in [0.25, 0.3) is 0 Å². The van der Waals surface area contributed by atoms with Gasteiger partial charge in [0.2, 0.25) is 0 Å². The number of fused-ring (bicyclic) bond motifs is 1. The Hall–Kier alpha value is -1.08. The maximum Gasteiger partial charge on any atom is 0.144 e. The van der Waals surface area contributed by atoms with E-state index in [2.05, 4.69) is 57.4 Å². The number of benzene rings is 1. The van der Waals surface area contributed by atoms with Crippen molar-refractivity contribution in [3.63, 3.8) is 0 Å². The van der Waals surface area contributed by atoms with Crippen molar-refractivity contribution in [2.24, 2.45) is 0 Å². The van der Waals surface area contributed by atoms with E-state index in [1.54, 1.807) is 0 Å². The van der Waals surface area contributed by atoms with E-state index in [0.717, 1.165) is 4.48 Å². The zero-order valence-electron chi connectivity index (χ0n) is 8.49. The molecule has 2 rings (SSSR count). The van der Waals surface area contributed by atoms with Gasteiger partial charge in [-0.15, -0.1) is 0 Å². The standard InChI is InChI=1S/C12H16N/c1-10(2)13(3)9-8-11-6-4-5-7-12(11)13/h4-10H,1-3H3/q+1. The molecule has 1 aliphatic rings. The van der Waals surface area contributed by atoms with E-state index in [0.29, 0.717) is 6.04 Å². The van der Waals surface area contributed by atoms with Crippen molar-refractivity contribution in [1.82, 2.24) is 4.48 Å². The zero-order chi connectivity index (χ0) is 9.47. The first-order valence-corrected chi connectivity index (χ1v) is 4.79. The highest BCUT2D eigenvalue weighted by atomic mass is 15.4. The van der Waals surface area contributed by atoms with Gasteiger partial charge in [-0.05, 0) is 19.9 Å². The number of nitrogens with zero attached hydrogens (tertiary/aromatic N) is 1. The van der Waals surface area contributed by atoms with E-state index in [9.17, 15) is 0 Å². The summed E-state index contributed by atoms with van der Waals surface area (Å²) >= 11 is 0. The molecule has 13 heavy (non-hydrogen) atoms. The molecule has 0 radical (unpaired) electrons. The predicted molar refractivity (Wildman–Crippen MR) is 58.3 cm³/mol. The van der Waals surface area contributed by atoms with E-state index < -0.39 is 0 Å². The summed E-state index contributed by atoms with van der Waals surface area (Å²) in [5.41, 5.74) is 2.77. The Morgan fingerprint density at radius 1 is 1.15 bits per heavy atom. The van der Waals surface area contributed by atoms with Crippen LogP contribution in [0.1, 0.15) is 19.4 Å². The van der Waals surface area contributed by atoms with E-state index in [4.69, 9.17) is 0 Å². The second-order valence-electron chi connectivity index (χ2n) is 4.12. The van der Waals surface area contributed by atoms with Crippen LogP contribution >= 0.6 is 0 Å². The Morgan fingerprint density at radius 2 is 1.85 bits per heavy atom. The third kappa shape index (κ3) is 1.11. The smallest absolute Gasteiger partial charge is 0.144 e. The zero-order valence-corrected chi connectivity index (χ0v) is 8.49. The third-order valence-corrected chi connectivity index (χ3v) is 3.09.